The first-order chi connectivity index (χ1) is 14.4. The molecule has 2 aromatic rings. The Morgan fingerprint density at radius 2 is 1.97 bits per heavy atom. The molecule has 0 bridgehead atoms. The van der Waals surface area contributed by atoms with Gasteiger partial charge in [0.05, 0.1) is 17.8 Å². The van der Waals surface area contributed by atoms with E-state index in [-0.39, 0.29) is 35.1 Å². The number of H-pyrrole nitrogens is 1. The maximum absolute atomic E-state index is 13.2. The van der Waals surface area contributed by atoms with E-state index in [0.717, 1.165) is 43.6 Å². The van der Waals surface area contributed by atoms with E-state index < -0.39 is 0 Å². The van der Waals surface area contributed by atoms with Gasteiger partial charge in [0.15, 0.2) is 5.65 Å². The molecule has 2 fully saturated rings. The highest BCUT2D eigenvalue weighted by molar-refractivity contribution is 5.81. The molecule has 1 saturated carbocycles. The Morgan fingerprint density at radius 3 is 2.70 bits per heavy atom. The molecule has 4 heterocycles. The summed E-state index contributed by atoms with van der Waals surface area (Å²) in [6, 6.07) is 1.96. The van der Waals surface area contributed by atoms with Crippen molar-refractivity contribution >= 4 is 17.5 Å². The maximum Gasteiger partial charge on any atom is 0.277 e. The first-order valence-corrected chi connectivity index (χ1v) is 11.1. The molecule has 1 aliphatic carbocycles. The monoisotopic (exact) mass is 411 g/mol. The average Bonchev–Trinajstić information content (AvgIpc) is 3.51. The van der Waals surface area contributed by atoms with Crippen LogP contribution in [0, 0.1) is 11.8 Å². The summed E-state index contributed by atoms with van der Waals surface area (Å²) in [6.07, 6.45) is 4.62. The molecule has 2 aromatic heterocycles. The lowest BCUT2D eigenvalue weighted by molar-refractivity contribution is -0.135. The van der Waals surface area contributed by atoms with Crippen LogP contribution in [0.4, 0.5) is 0 Å². The van der Waals surface area contributed by atoms with Crippen LogP contribution < -0.4 is 5.56 Å². The van der Waals surface area contributed by atoms with Crippen molar-refractivity contribution in [2.75, 3.05) is 19.6 Å². The highest BCUT2D eigenvalue weighted by Crippen LogP contribution is 2.34. The number of rotatable bonds is 3. The Balaban J connectivity index is 1.42. The minimum Gasteiger partial charge on any atom is -0.342 e. The van der Waals surface area contributed by atoms with Crippen molar-refractivity contribution in [3.63, 3.8) is 0 Å². The molecule has 0 aromatic carbocycles. The predicted molar refractivity (Wildman–Crippen MR) is 111 cm³/mol. The molecule has 2 amide bonds. The van der Waals surface area contributed by atoms with Crippen LogP contribution in [0.3, 0.4) is 0 Å². The lowest BCUT2D eigenvalue weighted by atomic mass is 9.94. The van der Waals surface area contributed by atoms with Gasteiger partial charge in [0.25, 0.3) is 5.56 Å². The quantitative estimate of drug-likeness (QED) is 0.832. The Hall–Kier alpha value is -2.64. The number of likely N-dealkylation sites (tertiary alicyclic amines) is 1. The van der Waals surface area contributed by atoms with Gasteiger partial charge in [-0.25, -0.2) is 9.50 Å². The summed E-state index contributed by atoms with van der Waals surface area (Å²) in [4.78, 5) is 46.5. The molecule has 3 aliphatic rings. The van der Waals surface area contributed by atoms with Crippen LogP contribution in [0.15, 0.2) is 10.9 Å². The second-order valence-electron chi connectivity index (χ2n) is 9.31. The second kappa shape index (κ2) is 7.25. The van der Waals surface area contributed by atoms with E-state index >= 15 is 0 Å². The number of carbonyl (C=O) groups excluding carboxylic acids is 2. The number of fused-ring (bicyclic) bond motifs is 2. The standard InChI is InChI=1S/C22H29N5O3/c1-13(2)20(28)26-9-7-17-16(12-26)22(30)27-19(23-17)10-18(24-27)15-4-3-8-25(11-15)21(29)14-5-6-14/h10,13-15,24H,3-9,11-12H2,1-2H3/t15-/m0/s1. The van der Waals surface area contributed by atoms with Crippen LogP contribution in [0.1, 0.15) is 62.4 Å². The molecule has 0 radical (unpaired) electrons. The van der Waals surface area contributed by atoms with Crippen LogP contribution in [0.5, 0.6) is 0 Å². The molecular formula is C22H29N5O3. The summed E-state index contributed by atoms with van der Waals surface area (Å²) in [5, 5.41) is 3.26. The van der Waals surface area contributed by atoms with Crippen molar-refractivity contribution in [2.45, 2.75) is 58.4 Å². The Morgan fingerprint density at radius 1 is 1.17 bits per heavy atom. The highest BCUT2D eigenvalue weighted by atomic mass is 16.2. The summed E-state index contributed by atoms with van der Waals surface area (Å²) < 4.78 is 1.51. The molecule has 8 nitrogen and oxygen atoms in total. The van der Waals surface area contributed by atoms with Crippen molar-refractivity contribution in [3.8, 4) is 0 Å². The minimum atomic E-state index is -0.121. The normalized spacial score (nSPS) is 21.9. The van der Waals surface area contributed by atoms with Gasteiger partial charge in [-0.1, -0.05) is 13.8 Å². The molecule has 1 atom stereocenters. The number of piperidine rings is 1. The van der Waals surface area contributed by atoms with Crippen LogP contribution in [-0.2, 0) is 22.6 Å². The zero-order chi connectivity index (χ0) is 21.0. The molecule has 0 unspecified atom stereocenters. The molecule has 1 N–H and O–H groups in total. The first-order valence-electron chi connectivity index (χ1n) is 11.1. The number of hydrogen-bond donors (Lipinski definition) is 1. The van der Waals surface area contributed by atoms with E-state index in [1.54, 1.807) is 4.90 Å². The van der Waals surface area contributed by atoms with Gasteiger partial charge in [-0.15, -0.1) is 0 Å². The van der Waals surface area contributed by atoms with Gasteiger partial charge in [0, 0.05) is 55.6 Å². The lowest BCUT2D eigenvalue weighted by Crippen LogP contribution is -2.42. The Labute approximate surface area is 175 Å². The second-order valence-corrected chi connectivity index (χ2v) is 9.31. The van der Waals surface area contributed by atoms with Crippen molar-refractivity contribution < 1.29 is 9.59 Å². The molecule has 2 aliphatic heterocycles. The van der Waals surface area contributed by atoms with Crippen LogP contribution in [-0.4, -0.2) is 55.8 Å². The minimum absolute atomic E-state index is 0.0694. The number of nitrogens with one attached hydrogen (secondary N) is 1. The van der Waals surface area contributed by atoms with Gasteiger partial charge in [-0.3, -0.25) is 19.5 Å². The molecule has 5 rings (SSSR count). The SMILES string of the molecule is CC(C)C(=O)N1CCc2nc3cc([C@H]4CCCN(C(=O)C5CC5)C4)[nH]n3c(=O)c2C1. The highest BCUT2D eigenvalue weighted by Gasteiger charge is 2.36. The van der Waals surface area contributed by atoms with Crippen LogP contribution >= 0.6 is 0 Å². The fourth-order valence-electron chi connectivity index (χ4n) is 4.78. The number of aromatic nitrogens is 3. The largest absolute Gasteiger partial charge is 0.342 e. The predicted octanol–water partition coefficient (Wildman–Crippen LogP) is 1.68. The number of nitrogens with zero attached hydrogens (tertiary/aromatic N) is 4. The van der Waals surface area contributed by atoms with Crippen molar-refractivity contribution in [1.29, 1.82) is 0 Å². The zero-order valence-electron chi connectivity index (χ0n) is 17.7. The summed E-state index contributed by atoms with van der Waals surface area (Å²) >= 11 is 0. The van der Waals surface area contributed by atoms with Gasteiger partial charge in [0.2, 0.25) is 11.8 Å². The summed E-state index contributed by atoms with van der Waals surface area (Å²) in [7, 11) is 0. The van der Waals surface area contributed by atoms with Gasteiger partial charge in [-0.2, -0.15) is 0 Å². The van der Waals surface area contributed by atoms with E-state index in [0.29, 0.717) is 37.3 Å². The summed E-state index contributed by atoms with van der Waals surface area (Å²) in [5.74, 6) is 0.699. The summed E-state index contributed by atoms with van der Waals surface area (Å²) in [5.41, 5.74) is 2.88. The van der Waals surface area contributed by atoms with Crippen LogP contribution in [0.25, 0.3) is 5.65 Å². The third kappa shape index (κ3) is 3.32. The molecule has 30 heavy (non-hydrogen) atoms. The fraction of sp³-hybridized carbons (Fsp3) is 0.636. The van der Waals surface area contributed by atoms with Crippen molar-refractivity contribution in [2.24, 2.45) is 11.8 Å². The van der Waals surface area contributed by atoms with Crippen LogP contribution in [0.2, 0.25) is 0 Å². The third-order valence-electron chi connectivity index (χ3n) is 6.69. The molecule has 1 saturated heterocycles. The van der Waals surface area contributed by atoms with E-state index in [2.05, 4.69) is 5.10 Å². The van der Waals surface area contributed by atoms with E-state index in [4.69, 9.17) is 4.98 Å². The smallest absolute Gasteiger partial charge is 0.277 e. The molecule has 160 valence electrons. The maximum atomic E-state index is 13.2. The molecular weight excluding hydrogens is 382 g/mol. The van der Waals surface area contributed by atoms with Gasteiger partial charge < -0.3 is 9.80 Å². The number of carbonyl (C=O) groups is 2. The number of hydrogen-bond acceptors (Lipinski definition) is 4. The first kappa shape index (κ1) is 19.3. The van der Waals surface area contributed by atoms with Crippen molar-refractivity contribution in [3.05, 3.63) is 33.4 Å². The van der Waals surface area contributed by atoms with E-state index in [9.17, 15) is 14.4 Å². The Bertz CT molecular complexity index is 1060. The molecule has 8 heteroatoms. The Kier molecular flexibility index (Phi) is 4.67. The van der Waals surface area contributed by atoms with Gasteiger partial charge in [0.1, 0.15) is 0 Å². The zero-order valence-corrected chi connectivity index (χ0v) is 17.7. The van der Waals surface area contributed by atoms with Gasteiger partial charge in [-0.05, 0) is 25.7 Å². The molecule has 0 spiro atoms. The topological polar surface area (TPSA) is 90.8 Å². The number of amides is 2. The third-order valence-corrected chi connectivity index (χ3v) is 6.69. The number of aromatic amines is 1. The van der Waals surface area contributed by atoms with E-state index in [1.807, 2.05) is 24.8 Å². The lowest BCUT2D eigenvalue weighted by Gasteiger charge is -2.32. The average molecular weight is 412 g/mol. The van der Waals surface area contributed by atoms with E-state index in [1.165, 1.54) is 4.52 Å². The fourth-order valence-corrected chi connectivity index (χ4v) is 4.78. The summed E-state index contributed by atoms with van der Waals surface area (Å²) in [6.45, 7) is 6.22. The van der Waals surface area contributed by atoms with Gasteiger partial charge >= 0.3 is 0 Å². The van der Waals surface area contributed by atoms with Crippen molar-refractivity contribution in [1.82, 2.24) is 24.4 Å².